The Bertz CT molecular complexity index is 548. The Kier molecular flexibility index (Phi) is 3.06. The molecule has 17 heavy (non-hydrogen) atoms. The number of hydrogen-bond donors (Lipinski definition) is 1. The minimum atomic E-state index is -3.61. The molecule has 2 rings (SSSR count). The van der Waals surface area contributed by atoms with Gasteiger partial charge in [-0.2, -0.15) is 8.42 Å². The SMILES string of the molecule is CCN(CC)C1=NS(=O)(=O)Nc2ccccc21. The third-order valence-corrected chi connectivity index (χ3v) is 3.57. The Morgan fingerprint density at radius 1 is 1.24 bits per heavy atom. The maximum absolute atomic E-state index is 11.6. The van der Waals surface area contributed by atoms with Gasteiger partial charge in [0.05, 0.1) is 5.69 Å². The molecule has 0 amide bonds. The van der Waals surface area contributed by atoms with Crippen molar-refractivity contribution >= 4 is 21.7 Å². The molecule has 0 unspecified atom stereocenters. The first-order valence-corrected chi connectivity index (χ1v) is 6.98. The molecule has 92 valence electrons. The molecule has 0 saturated carbocycles. The van der Waals surface area contributed by atoms with Gasteiger partial charge in [-0.05, 0) is 26.0 Å². The lowest BCUT2D eigenvalue weighted by Crippen LogP contribution is -2.35. The molecule has 0 aliphatic carbocycles. The first-order chi connectivity index (χ1) is 8.07. The van der Waals surface area contributed by atoms with Gasteiger partial charge >= 0.3 is 10.2 Å². The second-order valence-corrected chi connectivity index (χ2v) is 5.05. The van der Waals surface area contributed by atoms with Crippen molar-refractivity contribution in [3.8, 4) is 0 Å². The summed E-state index contributed by atoms with van der Waals surface area (Å²) in [6.07, 6.45) is 0. The smallest absolute Gasteiger partial charge is 0.344 e. The van der Waals surface area contributed by atoms with Gasteiger partial charge in [-0.3, -0.25) is 4.72 Å². The van der Waals surface area contributed by atoms with E-state index >= 15 is 0 Å². The summed E-state index contributed by atoms with van der Waals surface area (Å²) in [5.74, 6) is 0.518. The van der Waals surface area contributed by atoms with E-state index in [2.05, 4.69) is 9.12 Å². The van der Waals surface area contributed by atoms with E-state index in [1.165, 1.54) is 0 Å². The van der Waals surface area contributed by atoms with Gasteiger partial charge < -0.3 is 4.90 Å². The molecule has 0 atom stereocenters. The number of benzene rings is 1. The highest BCUT2D eigenvalue weighted by Crippen LogP contribution is 2.24. The van der Waals surface area contributed by atoms with Crippen molar-refractivity contribution < 1.29 is 8.42 Å². The monoisotopic (exact) mass is 253 g/mol. The number of amidine groups is 1. The van der Waals surface area contributed by atoms with E-state index in [9.17, 15) is 8.42 Å². The highest BCUT2D eigenvalue weighted by atomic mass is 32.2. The van der Waals surface area contributed by atoms with Crippen molar-refractivity contribution in [3.05, 3.63) is 29.8 Å². The maximum Gasteiger partial charge on any atom is 0.344 e. The average Bonchev–Trinajstić information content (AvgIpc) is 2.29. The molecule has 5 nitrogen and oxygen atoms in total. The summed E-state index contributed by atoms with van der Waals surface area (Å²) in [6.45, 7) is 5.39. The van der Waals surface area contributed by atoms with Crippen molar-refractivity contribution in [2.75, 3.05) is 17.8 Å². The number of anilines is 1. The summed E-state index contributed by atoms with van der Waals surface area (Å²) >= 11 is 0. The van der Waals surface area contributed by atoms with E-state index in [1.807, 2.05) is 30.9 Å². The van der Waals surface area contributed by atoms with E-state index in [0.29, 0.717) is 11.5 Å². The topological polar surface area (TPSA) is 61.8 Å². The lowest BCUT2D eigenvalue weighted by Gasteiger charge is -2.27. The number of para-hydroxylation sites is 1. The molecule has 1 aromatic carbocycles. The first-order valence-electron chi connectivity index (χ1n) is 5.54. The molecule has 0 bridgehead atoms. The standard InChI is InChI=1S/C11H15N3O2S/c1-3-14(4-2)11-9-7-5-6-8-10(9)12-17(15,16)13-11/h5-8,12H,3-4H2,1-2H3. The van der Waals surface area contributed by atoms with E-state index in [-0.39, 0.29) is 0 Å². The predicted octanol–water partition coefficient (Wildman–Crippen LogP) is 1.45. The predicted molar refractivity (Wildman–Crippen MR) is 68.4 cm³/mol. The Hall–Kier alpha value is -1.56. The van der Waals surface area contributed by atoms with Gasteiger partial charge in [0, 0.05) is 18.7 Å². The normalized spacial score (nSPS) is 16.7. The van der Waals surface area contributed by atoms with Gasteiger partial charge in [0.15, 0.2) is 5.84 Å². The minimum Gasteiger partial charge on any atom is -0.356 e. The third-order valence-electron chi connectivity index (χ3n) is 2.68. The maximum atomic E-state index is 11.6. The van der Waals surface area contributed by atoms with Crippen LogP contribution in [0.5, 0.6) is 0 Å². The molecule has 0 fully saturated rings. The minimum absolute atomic E-state index is 0.518. The lowest BCUT2D eigenvalue weighted by atomic mass is 10.1. The van der Waals surface area contributed by atoms with Crippen LogP contribution in [0.2, 0.25) is 0 Å². The van der Waals surface area contributed by atoms with Crippen LogP contribution in [0.25, 0.3) is 0 Å². The highest BCUT2D eigenvalue weighted by molar-refractivity contribution is 7.91. The molecule has 0 radical (unpaired) electrons. The van der Waals surface area contributed by atoms with E-state index < -0.39 is 10.2 Å². The second-order valence-electron chi connectivity index (χ2n) is 3.71. The lowest BCUT2D eigenvalue weighted by molar-refractivity contribution is 0.466. The van der Waals surface area contributed by atoms with Crippen LogP contribution in [0.4, 0.5) is 5.69 Å². The average molecular weight is 253 g/mol. The Morgan fingerprint density at radius 3 is 2.53 bits per heavy atom. The zero-order valence-electron chi connectivity index (χ0n) is 9.84. The van der Waals surface area contributed by atoms with Gasteiger partial charge in [0.2, 0.25) is 0 Å². The quantitative estimate of drug-likeness (QED) is 0.867. The van der Waals surface area contributed by atoms with Crippen LogP contribution in [0.15, 0.2) is 28.7 Å². The molecular formula is C11H15N3O2S. The van der Waals surface area contributed by atoms with Crippen LogP contribution in [-0.4, -0.2) is 32.2 Å². The van der Waals surface area contributed by atoms with Crippen LogP contribution >= 0.6 is 0 Å². The van der Waals surface area contributed by atoms with Crippen LogP contribution in [0.3, 0.4) is 0 Å². The molecule has 1 N–H and O–H groups in total. The molecule has 1 aliphatic heterocycles. The van der Waals surface area contributed by atoms with Crippen LogP contribution in [0.1, 0.15) is 19.4 Å². The van der Waals surface area contributed by atoms with Crippen LogP contribution < -0.4 is 4.72 Å². The molecule has 1 heterocycles. The molecular weight excluding hydrogens is 238 g/mol. The molecule has 6 heteroatoms. The Balaban J connectivity index is 2.58. The van der Waals surface area contributed by atoms with Gasteiger partial charge in [0.1, 0.15) is 0 Å². The van der Waals surface area contributed by atoms with Gasteiger partial charge in [-0.15, -0.1) is 4.40 Å². The highest BCUT2D eigenvalue weighted by Gasteiger charge is 2.24. The number of fused-ring (bicyclic) bond motifs is 1. The van der Waals surface area contributed by atoms with E-state index in [4.69, 9.17) is 0 Å². The summed E-state index contributed by atoms with van der Waals surface area (Å²) in [5.41, 5.74) is 1.41. The Morgan fingerprint density at radius 2 is 1.88 bits per heavy atom. The molecule has 1 aromatic rings. The summed E-state index contributed by atoms with van der Waals surface area (Å²) in [4.78, 5) is 1.93. The molecule has 0 aromatic heterocycles. The fourth-order valence-electron chi connectivity index (χ4n) is 1.84. The zero-order valence-corrected chi connectivity index (χ0v) is 10.7. The largest absolute Gasteiger partial charge is 0.356 e. The molecule has 1 aliphatic rings. The Labute approximate surface area is 101 Å². The fourth-order valence-corrected chi connectivity index (χ4v) is 2.79. The second kappa shape index (κ2) is 4.37. The van der Waals surface area contributed by atoms with Gasteiger partial charge in [-0.25, -0.2) is 0 Å². The zero-order chi connectivity index (χ0) is 12.5. The summed E-state index contributed by atoms with van der Waals surface area (Å²) in [7, 11) is -3.61. The van der Waals surface area contributed by atoms with Crippen LogP contribution in [0, 0.1) is 0 Å². The molecule has 0 saturated heterocycles. The van der Waals surface area contributed by atoms with Crippen molar-refractivity contribution in [2.24, 2.45) is 4.40 Å². The number of rotatable bonds is 2. The van der Waals surface area contributed by atoms with Gasteiger partial charge in [0.25, 0.3) is 0 Å². The summed E-state index contributed by atoms with van der Waals surface area (Å²) < 4.78 is 29.5. The number of nitrogens with zero attached hydrogens (tertiary/aromatic N) is 2. The summed E-state index contributed by atoms with van der Waals surface area (Å²) in [5, 5.41) is 0. The van der Waals surface area contributed by atoms with Crippen molar-refractivity contribution in [1.82, 2.24) is 4.90 Å². The number of nitrogens with one attached hydrogen (secondary N) is 1. The van der Waals surface area contributed by atoms with Crippen molar-refractivity contribution in [3.63, 3.8) is 0 Å². The fraction of sp³-hybridized carbons (Fsp3) is 0.364. The number of hydrogen-bond acceptors (Lipinski definition) is 3. The van der Waals surface area contributed by atoms with Crippen molar-refractivity contribution in [2.45, 2.75) is 13.8 Å². The van der Waals surface area contributed by atoms with Gasteiger partial charge in [-0.1, -0.05) is 12.1 Å². The first kappa shape index (κ1) is 11.9. The van der Waals surface area contributed by atoms with Crippen LogP contribution in [-0.2, 0) is 10.2 Å². The summed E-state index contributed by atoms with van der Waals surface area (Å²) in [6, 6.07) is 7.28. The third kappa shape index (κ3) is 2.26. The van der Waals surface area contributed by atoms with Crippen molar-refractivity contribution in [1.29, 1.82) is 0 Å². The van der Waals surface area contributed by atoms with E-state index in [0.717, 1.165) is 18.7 Å². The molecule has 0 spiro atoms. The van der Waals surface area contributed by atoms with E-state index in [1.54, 1.807) is 12.1 Å².